The van der Waals surface area contributed by atoms with Crippen molar-refractivity contribution in [2.45, 2.75) is 13.0 Å². The van der Waals surface area contributed by atoms with Gasteiger partial charge in [-0.3, -0.25) is 9.88 Å². The molecule has 62 valence electrons. The van der Waals surface area contributed by atoms with Gasteiger partial charge in [-0.05, 0) is 17.4 Å². The molecule has 0 bridgehead atoms. The largest absolute Gasteiger partial charge is 0.303 e. The van der Waals surface area contributed by atoms with E-state index in [2.05, 4.69) is 41.1 Å². The molecule has 0 aliphatic rings. The first-order valence-electron chi connectivity index (χ1n) is 2.73. The molecule has 1 amide bonds. The fourth-order valence-corrected chi connectivity index (χ4v) is 0.388. The van der Waals surface area contributed by atoms with Gasteiger partial charge in [0.15, 0.2) is 0 Å². The molecule has 0 aliphatic carbocycles. The van der Waals surface area contributed by atoms with Crippen LogP contribution in [-0.4, -0.2) is 11.9 Å². The molecule has 2 atom stereocenters. The number of nitrogens with zero attached hydrogens (tertiary/aromatic N) is 4. The molecule has 0 spiro atoms. The van der Waals surface area contributed by atoms with E-state index in [4.69, 9.17) is 0 Å². The minimum absolute atomic E-state index is 0.406. The van der Waals surface area contributed by atoms with E-state index in [-0.39, 0.29) is 0 Å². The predicted octanol–water partition coefficient (Wildman–Crippen LogP) is -0.0257. The fourth-order valence-electron chi connectivity index (χ4n) is 0.245. The van der Waals surface area contributed by atoms with E-state index in [0.29, 0.717) is 0 Å². The van der Waals surface area contributed by atoms with E-state index in [1.54, 1.807) is 6.92 Å². The van der Waals surface area contributed by atoms with Crippen LogP contribution in [0.3, 0.4) is 0 Å². The Labute approximate surface area is 65.7 Å². The van der Waals surface area contributed by atoms with E-state index in [1.165, 1.54) is 0 Å². The van der Waals surface area contributed by atoms with Gasteiger partial charge in [0.2, 0.25) is 0 Å². The van der Waals surface area contributed by atoms with Crippen molar-refractivity contribution in [3.8, 4) is 0 Å². The van der Waals surface area contributed by atoms with E-state index < -0.39 is 11.9 Å². The number of hydrogen-bond acceptors (Lipinski definition) is 3. The maximum atomic E-state index is 10.8. The highest BCUT2D eigenvalue weighted by Gasteiger charge is 2.07. The summed E-state index contributed by atoms with van der Waals surface area (Å²) in [4.78, 5) is 10.8. The van der Waals surface area contributed by atoms with Gasteiger partial charge in [0, 0.05) is 0 Å². The van der Waals surface area contributed by atoms with Crippen molar-refractivity contribution in [1.82, 2.24) is 5.09 Å². The molecule has 1 unspecified atom stereocenters. The van der Waals surface area contributed by atoms with Crippen LogP contribution in [0.2, 0.25) is 0 Å². The third kappa shape index (κ3) is 4.46. The number of carbonyl (C=O) groups excluding carboxylic acids is 1. The SMILES string of the molecule is C[C@H](NP)C(=O)N=NN=NN. The minimum atomic E-state index is -0.438. The van der Waals surface area contributed by atoms with Gasteiger partial charge in [-0.1, -0.05) is 19.7 Å². The van der Waals surface area contributed by atoms with E-state index in [9.17, 15) is 4.79 Å². The Kier molecular flexibility index (Phi) is 5.32. The standard InChI is InChI=1S/C3H9N6OP/c1-2(6-11)3(10)5-8-9-7-4/h2,6H,11H2,1H3,(H2,4,5,9,10)/t2-/m0/s1. The number of nitrogens with one attached hydrogen (secondary N) is 1. The molecule has 7 nitrogen and oxygen atoms in total. The Morgan fingerprint density at radius 3 is 2.73 bits per heavy atom. The molecule has 0 radical (unpaired) electrons. The fraction of sp³-hybridized carbons (Fsp3) is 0.667. The Morgan fingerprint density at radius 2 is 2.27 bits per heavy atom. The molecule has 0 fully saturated rings. The highest BCUT2D eigenvalue weighted by Crippen LogP contribution is 1.90. The van der Waals surface area contributed by atoms with Crippen LogP contribution in [0.15, 0.2) is 20.8 Å². The summed E-state index contributed by atoms with van der Waals surface area (Å²) in [5.74, 6) is 4.16. The Hall–Kier alpha value is -0.940. The first kappa shape index (κ1) is 10.1. The van der Waals surface area contributed by atoms with Crippen molar-refractivity contribution in [2.75, 3.05) is 0 Å². The predicted molar refractivity (Wildman–Crippen MR) is 41.2 cm³/mol. The molecule has 11 heavy (non-hydrogen) atoms. The maximum Gasteiger partial charge on any atom is 0.283 e. The zero-order chi connectivity index (χ0) is 8.69. The van der Waals surface area contributed by atoms with Crippen LogP contribution in [0.25, 0.3) is 0 Å². The zero-order valence-corrected chi connectivity index (χ0v) is 7.08. The molecule has 0 aliphatic heterocycles. The lowest BCUT2D eigenvalue weighted by atomic mass is 10.4. The third-order valence-corrected chi connectivity index (χ3v) is 1.36. The van der Waals surface area contributed by atoms with E-state index in [1.807, 2.05) is 0 Å². The molecule has 8 heteroatoms. The second-order valence-corrected chi connectivity index (χ2v) is 1.95. The Bertz CT molecular complexity index is 179. The second kappa shape index (κ2) is 5.82. The lowest BCUT2D eigenvalue weighted by Crippen LogP contribution is -2.24. The van der Waals surface area contributed by atoms with E-state index in [0.717, 1.165) is 0 Å². The summed E-state index contributed by atoms with van der Waals surface area (Å²) in [6.07, 6.45) is 0. The molecular weight excluding hydrogens is 167 g/mol. The summed E-state index contributed by atoms with van der Waals surface area (Å²) >= 11 is 0. The van der Waals surface area contributed by atoms with Crippen LogP contribution in [0, 0.1) is 0 Å². The normalized spacial score (nSPS) is 14.4. The van der Waals surface area contributed by atoms with Crippen molar-refractivity contribution in [2.24, 2.45) is 26.6 Å². The molecule has 0 rings (SSSR count). The first-order chi connectivity index (χ1) is 5.22. The number of rotatable bonds is 3. The highest BCUT2D eigenvalue weighted by atomic mass is 31.0. The molecule has 0 heterocycles. The number of hydrogen-bond donors (Lipinski definition) is 2. The average molecular weight is 176 g/mol. The Balaban J connectivity index is 3.86. The molecule has 0 saturated heterocycles. The van der Waals surface area contributed by atoms with E-state index >= 15 is 0 Å². The quantitative estimate of drug-likeness (QED) is 0.273. The summed E-state index contributed by atoms with van der Waals surface area (Å²) in [5, 5.41) is 14.5. The highest BCUT2D eigenvalue weighted by molar-refractivity contribution is 7.13. The molecule has 3 N–H and O–H groups in total. The van der Waals surface area contributed by atoms with Gasteiger partial charge < -0.3 is 5.84 Å². The summed E-state index contributed by atoms with van der Waals surface area (Å²) in [6, 6.07) is -0.406. The summed E-state index contributed by atoms with van der Waals surface area (Å²) < 4.78 is 0. The van der Waals surface area contributed by atoms with Crippen molar-refractivity contribution < 1.29 is 4.79 Å². The van der Waals surface area contributed by atoms with Crippen molar-refractivity contribution in [3.63, 3.8) is 0 Å². The number of carbonyl (C=O) groups is 1. The van der Waals surface area contributed by atoms with Crippen molar-refractivity contribution in [3.05, 3.63) is 0 Å². The molecule has 0 saturated carbocycles. The second-order valence-electron chi connectivity index (χ2n) is 1.62. The summed E-state index contributed by atoms with van der Waals surface area (Å²) in [7, 11) is 2.19. The van der Waals surface area contributed by atoms with Crippen molar-refractivity contribution in [1.29, 1.82) is 0 Å². The Morgan fingerprint density at radius 1 is 1.64 bits per heavy atom. The lowest BCUT2D eigenvalue weighted by Gasteiger charge is -2.00. The van der Waals surface area contributed by atoms with Gasteiger partial charge in [0.25, 0.3) is 5.91 Å². The number of nitrogens with two attached hydrogens (primary N) is 1. The average Bonchev–Trinajstić information content (AvgIpc) is 2.03. The molecule has 0 aromatic heterocycles. The lowest BCUT2D eigenvalue weighted by molar-refractivity contribution is -0.119. The van der Waals surface area contributed by atoms with Crippen LogP contribution >= 0.6 is 9.39 Å². The van der Waals surface area contributed by atoms with Crippen LogP contribution in [0.4, 0.5) is 0 Å². The summed E-state index contributed by atoms with van der Waals surface area (Å²) in [5.41, 5.74) is 0. The smallest absolute Gasteiger partial charge is 0.283 e. The third-order valence-electron chi connectivity index (χ3n) is 0.855. The van der Waals surface area contributed by atoms with Gasteiger partial charge in [0.1, 0.15) is 0 Å². The molecule has 0 aromatic carbocycles. The molecule has 0 aromatic rings. The molecular formula is C3H9N6OP. The first-order valence-corrected chi connectivity index (χ1v) is 3.31. The number of amides is 1. The van der Waals surface area contributed by atoms with Crippen LogP contribution in [0.1, 0.15) is 6.92 Å². The van der Waals surface area contributed by atoms with Crippen LogP contribution < -0.4 is 10.9 Å². The van der Waals surface area contributed by atoms with Crippen LogP contribution in [-0.2, 0) is 4.79 Å². The van der Waals surface area contributed by atoms with Crippen LogP contribution in [0.5, 0.6) is 0 Å². The maximum absolute atomic E-state index is 10.8. The van der Waals surface area contributed by atoms with Gasteiger partial charge in [-0.15, -0.1) is 0 Å². The van der Waals surface area contributed by atoms with Gasteiger partial charge in [-0.2, -0.15) is 0 Å². The van der Waals surface area contributed by atoms with Crippen molar-refractivity contribution >= 4 is 15.3 Å². The minimum Gasteiger partial charge on any atom is -0.303 e. The summed E-state index contributed by atoms with van der Waals surface area (Å²) in [6.45, 7) is 1.63. The van der Waals surface area contributed by atoms with Gasteiger partial charge in [0.05, 0.1) is 6.04 Å². The van der Waals surface area contributed by atoms with Gasteiger partial charge >= 0.3 is 0 Å². The van der Waals surface area contributed by atoms with Gasteiger partial charge in [-0.25, -0.2) is 0 Å². The monoisotopic (exact) mass is 176 g/mol. The zero-order valence-electron chi connectivity index (χ0n) is 5.93. The topological polar surface area (TPSA) is 105 Å².